The summed E-state index contributed by atoms with van der Waals surface area (Å²) in [4.78, 5) is 36.8. The number of carboxylic acid groups (broad SMARTS) is 1. The second-order valence-electron chi connectivity index (χ2n) is 4.68. The first-order valence-corrected chi connectivity index (χ1v) is 7.89. The van der Waals surface area contributed by atoms with Crippen LogP contribution in [0, 0.1) is 0 Å². The number of thioether (sulfide) groups is 1. The Hall–Kier alpha value is -2.28. The van der Waals surface area contributed by atoms with E-state index in [2.05, 4.69) is 10.3 Å². The predicted octanol–water partition coefficient (Wildman–Crippen LogP) is 1.00. The molecule has 0 saturated carbocycles. The third-order valence-electron chi connectivity index (χ3n) is 2.98. The summed E-state index contributed by atoms with van der Waals surface area (Å²) in [7, 11) is 0. The minimum Gasteiger partial charge on any atom is -0.481 e. The number of nitrogens with one attached hydrogen (secondary N) is 2. The molecule has 2 aromatic rings. The van der Waals surface area contributed by atoms with Crippen molar-refractivity contribution >= 4 is 34.5 Å². The van der Waals surface area contributed by atoms with E-state index in [-0.39, 0.29) is 23.6 Å². The summed E-state index contributed by atoms with van der Waals surface area (Å²) in [6.45, 7) is 0.377. The normalized spacial score (nSPS) is 10.5. The summed E-state index contributed by atoms with van der Waals surface area (Å²) in [5, 5.41) is 12.0. The molecule has 6 nitrogen and oxygen atoms in total. The van der Waals surface area contributed by atoms with Crippen molar-refractivity contribution in [2.75, 3.05) is 18.1 Å². The molecule has 0 bridgehead atoms. The van der Waals surface area contributed by atoms with Crippen LogP contribution >= 0.6 is 11.8 Å². The highest BCUT2D eigenvalue weighted by atomic mass is 32.2. The molecule has 0 aliphatic rings. The minimum atomic E-state index is -0.876. The van der Waals surface area contributed by atoms with Gasteiger partial charge in [0.05, 0.1) is 12.2 Å². The van der Waals surface area contributed by atoms with Crippen LogP contribution in [0.2, 0.25) is 0 Å². The van der Waals surface area contributed by atoms with Crippen LogP contribution in [0.25, 0.3) is 10.9 Å². The average Bonchev–Trinajstić information content (AvgIpc) is 2.47. The number of aromatic amines is 1. The molecule has 0 radical (unpaired) electrons. The minimum absolute atomic E-state index is 0.00373. The molecule has 1 amide bonds. The summed E-state index contributed by atoms with van der Waals surface area (Å²) >= 11 is 1.23. The maximum absolute atomic E-state index is 11.9. The second-order valence-corrected chi connectivity index (χ2v) is 5.79. The fraction of sp³-hybridized carbons (Fsp3) is 0.267. The van der Waals surface area contributed by atoms with E-state index in [1.165, 1.54) is 11.8 Å². The number of pyridine rings is 1. The lowest BCUT2D eigenvalue weighted by atomic mass is 10.1. The van der Waals surface area contributed by atoms with Gasteiger partial charge in [-0.1, -0.05) is 18.2 Å². The van der Waals surface area contributed by atoms with E-state index in [0.717, 1.165) is 10.9 Å². The Morgan fingerprint density at radius 1 is 1.27 bits per heavy atom. The van der Waals surface area contributed by atoms with Crippen LogP contribution in [0.5, 0.6) is 0 Å². The van der Waals surface area contributed by atoms with E-state index >= 15 is 0 Å². The molecule has 7 heteroatoms. The number of fused-ring (bicyclic) bond motifs is 1. The Kier molecular flexibility index (Phi) is 5.60. The summed E-state index contributed by atoms with van der Waals surface area (Å²) in [6.07, 6.45) is 0.00373. The highest BCUT2D eigenvalue weighted by Crippen LogP contribution is 2.10. The van der Waals surface area contributed by atoms with Gasteiger partial charge in [0, 0.05) is 23.4 Å². The zero-order valence-electron chi connectivity index (χ0n) is 11.8. The molecule has 22 heavy (non-hydrogen) atoms. The smallest absolute Gasteiger partial charge is 0.313 e. The number of aromatic nitrogens is 1. The van der Waals surface area contributed by atoms with E-state index in [4.69, 9.17) is 5.11 Å². The zero-order chi connectivity index (χ0) is 15.9. The highest BCUT2D eigenvalue weighted by Gasteiger charge is 2.08. The van der Waals surface area contributed by atoms with Gasteiger partial charge >= 0.3 is 5.97 Å². The first-order chi connectivity index (χ1) is 10.6. The SMILES string of the molecule is O=C(O)CSCCNC(=O)Cc1cc2ccccc2[nH]c1=O. The topological polar surface area (TPSA) is 99.3 Å². The number of aliphatic carboxylic acids is 1. The molecule has 0 aliphatic carbocycles. The highest BCUT2D eigenvalue weighted by molar-refractivity contribution is 7.99. The molecule has 0 unspecified atom stereocenters. The van der Waals surface area contributed by atoms with Crippen molar-refractivity contribution in [3.8, 4) is 0 Å². The Morgan fingerprint density at radius 3 is 2.82 bits per heavy atom. The van der Waals surface area contributed by atoms with E-state index in [1.807, 2.05) is 18.2 Å². The largest absolute Gasteiger partial charge is 0.481 e. The first kappa shape index (κ1) is 16.1. The monoisotopic (exact) mass is 320 g/mol. The van der Waals surface area contributed by atoms with Crippen LogP contribution < -0.4 is 10.9 Å². The lowest BCUT2D eigenvalue weighted by Crippen LogP contribution is -2.29. The van der Waals surface area contributed by atoms with E-state index in [9.17, 15) is 14.4 Å². The molecule has 2 rings (SSSR count). The molecule has 3 N–H and O–H groups in total. The Labute approximate surface area is 130 Å². The van der Waals surface area contributed by atoms with Crippen molar-refractivity contribution in [2.24, 2.45) is 0 Å². The maximum Gasteiger partial charge on any atom is 0.313 e. The van der Waals surface area contributed by atoms with Gasteiger partial charge in [-0.25, -0.2) is 0 Å². The molecule has 0 atom stereocenters. The van der Waals surface area contributed by atoms with Gasteiger partial charge in [0.25, 0.3) is 5.56 Å². The number of hydrogen-bond donors (Lipinski definition) is 3. The summed E-state index contributed by atoms with van der Waals surface area (Å²) in [5.74, 6) is -0.595. The van der Waals surface area contributed by atoms with Crippen LogP contribution in [0.3, 0.4) is 0 Å². The molecule has 0 spiro atoms. The standard InChI is InChI=1S/C15H16N2O4S/c18-13(16-5-6-22-9-14(19)20)8-11-7-10-3-1-2-4-12(10)17-15(11)21/h1-4,7H,5-6,8-9H2,(H,16,18)(H,17,21)(H,19,20). The van der Waals surface area contributed by atoms with Crippen LogP contribution in [0.15, 0.2) is 35.1 Å². The van der Waals surface area contributed by atoms with Gasteiger partial charge < -0.3 is 15.4 Å². The third-order valence-corrected chi connectivity index (χ3v) is 3.92. The predicted molar refractivity (Wildman–Crippen MR) is 86.2 cm³/mol. The van der Waals surface area contributed by atoms with Gasteiger partial charge in [0.15, 0.2) is 0 Å². The van der Waals surface area contributed by atoms with E-state index in [0.29, 0.717) is 17.9 Å². The molecular formula is C15H16N2O4S. The van der Waals surface area contributed by atoms with Crippen LogP contribution in [0.4, 0.5) is 0 Å². The van der Waals surface area contributed by atoms with Crippen molar-refractivity contribution in [1.82, 2.24) is 10.3 Å². The second kappa shape index (κ2) is 7.65. The summed E-state index contributed by atoms with van der Waals surface area (Å²) in [5.41, 5.74) is 0.880. The number of rotatable bonds is 7. The van der Waals surface area contributed by atoms with Crippen LogP contribution in [0.1, 0.15) is 5.56 Å². The number of carbonyl (C=O) groups excluding carboxylic acids is 1. The molecule has 1 aromatic heterocycles. The fourth-order valence-corrected chi connectivity index (χ4v) is 2.55. The van der Waals surface area contributed by atoms with Gasteiger partial charge in [-0.2, -0.15) is 0 Å². The molecule has 0 fully saturated rings. The summed E-state index contributed by atoms with van der Waals surface area (Å²) in [6, 6.07) is 9.09. The van der Waals surface area contributed by atoms with Gasteiger partial charge in [-0.3, -0.25) is 14.4 Å². The molecule has 0 saturated heterocycles. The lowest BCUT2D eigenvalue weighted by Gasteiger charge is -2.05. The quantitative estimate of drug-likeness (QED) is 0.661. The van der Waals surface area contributed by atoms with Crippen molar-refractivity contribution in [3.63, 3.8) is 0 Å². The molecular weight excluding hydrogens is 304 g/mol. The van der Waals surface area contributed by atoms with Crippen LogP contribution in [-0.4, -0.2) is 40.0 Å². The Bertz CT molecular complexity index is 742. The number of carbonyl (C=O) groups is 2. The number of carboxylic acids is 1. The first-order valence-electron chi connectivity index (χ1n) is 6.73. The van der Waals surface area contributed by atoms with Crippen molar-refractivity contribution < 1.29 is 14.7 Å². The molecule has 1 heterocycles. The van der Waals surface area contributed by atoms with E-state index in [1.54, 1.807) is 12.1 Å². The van der Waals surface area contributed by atoms with Gasteiger partial charge in [-0.05, 0) is 17.5 Å². The number of amides is 1. The zero-order valence-corrected chi connectivity index (χ0v) is 12.6. The van der Waals surface area contributed by atoms with Crippen molar-refractivity contribution in [3.05, 3.63) is 46.2 Å². The van der Waals surface area contributed by atoms with Crippen molar-refractivity contribution in [1.29, 1.82) is 0 Å². The van der Waals surface area contributed by atoms with Gasteiger partial charge in [-0.15, -0.1) is 11.8 Å². The molecule has 0 aliphatic heterocycles. The fourth-order valence-electron chi connectivity index (χ4n) is 1.98. The third kappa shape index (κ3) is 4.63. The number of hydrogen-bond acceptors (Lipinski definition) is 4. The van der Waals surface area contributed by atoms with E-state index < -0.39 is 5.97 Å². The average molecular weight is 320 g/mol. The molecule has 116 valence electrons. The van der Waals surface area contributed by atoms with Gasteiger partial charge in [0.2, 0.25) is 5.91 Å². The Balaban J connectivity index is 1.90. The number of H-pyrrole nitrogens is 1. The Morgan fingerprint density at radius 2 is 2.05 bits per heavy atom. The number of benzene rings is 1. The number of para-hydroxylation sites is 1. The summed E-state index contributed by atoms with van der Waals surface area (Å²) < 4.78 is 0. The van der Waals surface area contributed by atoms with Gasteiger partial charge in [0.1, 0.15) is 0 Å². The van der Waals surface area contributed by atoms with Crippen molar-refractivity contribution in [2.45, 2.75) is 6.42 Å². The maximum atomic E-state index is 11.9. The lowest BCUT2D eigenvalue weighted by molar-refractivity contribution is -0.133. The molecule has 1 aromatic carbocycles. The van der Waals surface area contributed by atoms with Crippen LogP contribution in [-0.2, 0) is 16.0 Å².